The Hall–Kier alpha value is -1.48. The van der Waals surface area contributed by atoms with Crippen molar-refractivity contribution in [2.24, 2.45) is 0 Å². The highest BCUT2D eigenvalue weighted by atomic mass is 32.2. The zero-order chi connectivity index (χ0) is 13.1. The first-order valence-electron chi connectivity index (χ1n) is 5.42. The first-order valence-corrected chi connectivity index (χ1v) is 7.07. The van der Waals surface area contributed by atoms with Crippen LogP contribution in [-0.2, 0) is 10.0 Å². The molecule has 0 saturated carbocycles. The van der Waals surface area contributed by atoms with Gasteiger partial charge in [0.25, 0.3) is 0 Å². The van der Waals surface area contributed by atoms with Crippen molar-refractivity contribution in [1.29, 1.82) is 5.26 Å². The zero-order valence-corrected chi connectivity index (χ0v) is 11.0. The van der Waals surface area contributed by atoms with Crippen LogP contribution in [0.5, 0.6) is 0 Å². The molecule has 0 radical (unpaired) electrons. The van der Waals surface area contributed by atoms with E-state index in [2.05, 4.69) is 4.72 Å². The Morgan fingerprint density at radius 1 is 1.41 bits per heavy atom. The molecule has 0 aliphatic carbocycles. The predicted octanol–water partition coefficient (Wildman–Crippen LogP) is 2.31. The summed E-state index contributed by atoms with van der Waals surface area (Å²) in [6, 6.07) is 1.94. The van der Waals surface area contributed by atoms with Crippen LogP contribution in [0.25, 0.3) is 0 Å². The van der Waals surface area contributed by atoms with Crippen LogP contribution >= 0.6 is 0 Å². The van der Waals surface area contributed by atoms with Crippen molar-refractivity contribution in [3.8, 4) is 6.07 Å². The van der Waals surface area contributed by atoms with E-state index in [-0.39, 0.29) is 17.2 Å². The van der Waals surface area contributed by atoms with Crippen molar-refractivity contribution in [1.82, 2.24) is 0 Å². The van der Waals surface area contributed by atoms with Crippen molar-refractivity contribution >= 4 is 15.9 Å². The number of nitrogens with one attached hydrogen (secondary N) is 1. The molecular weight excluding hydrogens is 240 g/mol. The predicted molar refractivity (Wildman–Crippen MR) is 65.2 cm³/mol. The van der Waals surface area contributed by atoms with Crippen LogP contribution in [-0.4, -0.2) is 14.2 Å². The van der Waals surface area contributed by atoms with Gasteiger partial charge in [0.2, 0.25) is 15.9 Å². The highest BCUT2D eigenvalue weighted by Gasteiger charge is 2.19. The molecule has 6 heteroatoms. The lowest BCUT2D eigenvalue weighted by molar-refractivity contribution is 0.545. The van der Waals surface area contributed by atoms with E-state index < -0.39 is 10.0 Å². The molecule has 0 unspecified atom stereocenters. The maximum atomic E-state index is 11.7. The van der Waals surface area contributed by atoms with Gasteiger partial charge in [-0.05, 0) is 20.3 Å². The smallest absolute Gasteiger partial charge is 0.235 e. The SMILES string of the molecule is CCCCS(=O)(=O)Nc1oc(C)c(C)c1C#N. The lowest BCUT2D eigenvalue weighted by atomic mass is 10.2. The molecule has 0 amide bonds. The molecule has 0 fully saturated rings. The third-order valence-electron chi connectivity index (χ3n) is 2.51. The van der Waals surface area contributed by atoms with E-state index in [0.717, 1.165) is 6.42 Å². The quantitative estimate of drug-likeness (QED) is 0.876. The molecule has 1 aromatic rings. The molecule has 1 rings (SSSR count). The number of nitriles is 1. The van der Waals surface area contributed by atoms with E-state index in [4.69, 9.17) is 9.68 Å². The average Bonchev–Trinajstić information content (AvgIpc) is 2.51. The fourth-order valence-corrected chi connectivity index (χ4v) is 2.56. The Morgan fingerprint density at radius 2 is 2.06 bits per heavy atom. The lowest BCUT2D eigenvalue weighted by Crippen LogP contribution is -2.16. The van der Waals surface area contributed by atoms with Crippen LogP contribution < -0.4 is 4.72 Å². The molecule has 0 aromatic carbocycles. The number of sulfonamides is 1. The molecule has 5 nitrogen and oxygen atoms in total. The summed E-state index contributed by atoms with van der Waals surface area (Å²) in [5.41, 5.74) is 0.920. The summed E-state index contributed by atoms with van der Waals surface area (Å²) in [6.45, 7) is 5.33. The summed E-state index contributed by atoms with van der Waals surface area (Å²) in [5.74, 6) is 0.612. The molecule has 94 valence electrons. The van der Waals surface area contributed by atoms with E-state index in [0.29, 0.717) is 17.7 Å². The van der Waals surface area contributed by atoms with Crippen molar-refractivity contribution in [2.75, 3.05) is 10.5 Å². The molecular formula is C11H16N2O3S. The van der Waals surface area contributed by atoms with Gasteiger partial charge in [-0.2, -0.15) is 5.26 Å². The maximum absolute atomic E-state index is 11.7. The number of hydrogen-bond acceptors (Lipinski definition) is 4. The molecule has 0 aliphatic heterocycles. The number of hydrogen-bond donors (Lipinski definition) is 1. The van der Waals surface area contributed by atoms with Gasteiger partial charge >= 0.3 is 0 Å². The third-order valence-corrected chi connectivity index (χ3v) is 3.83. The molecule has 1 heterocycles. The van der Waals surface area contributed by atoms with Gasteiger partial charge in [-0.25, -0.2) is 8.42 Å². The number of rotatable bonds is 5. The maximum Gasteiger partial charge on any atom is 0.235 e. The topological polar surface area (TPSA) is 83.1 Å². The molecule has 1 N–H and O–H groups in total. The lowest BCUT2D eigenvalue weighted by Gasteiger charge is -2.04. The molecule has 0 spiro atoms. The normalized spacial score (nSPS) is 11.2. The van der Waals surface area contributed by atoms with E-state index in [1.54, 1.807) is 13.8 Å². The Balaban J connectivity index is 2.97. The van der Waals surface area contributed by atoms with E-state index >= 15 is 0 Å². The Labute approximate surface area is 101 Å². The molecule has 0 aliphatic rings. The summed E-state index contributed by atoms with van der Waals surface area (Å²) >= 11 is 0. The van der Waals surface area contributed by atoms with Crippen LogP contribution in [0.1, 0.15) is 36.7 Å². The fraction of sp³-hybridized carbons (Fsp3) is 0.545. The van der Waals surface area contributed by atoms with Gasteiger partial charge in [0.1, 0.15) is 17.4 Å². The Kier molecular flexibility index (Phi) is 4.18. The molecule has 0 bridgehead atoms. The second-order valence-corrected chi connectivity index (χ2v) is 5.72. The molecule has 0 atom stereocenters. The van der Waals surface area contributed by atoms with Crippen LogP contribution in [0, 0.1) is 25.2 Å². The summed E-state index contributed by atoms with van der Waals surface area (Å²) in [4.78, 5) is 0. The van der Waals surface area contributed by atoms with E-state index in [1.807, 2.05) is 13.0 Å². The number of anilines is 1. The van der Waals surface area contributed by atoms with Gasteiger partial charge in [-0.15, -0.1) is 0 Å². The Bertz CT molecular complexity index is 538. The molecule has 1 aromatic heterocycles. The highest BCUT2D eigenvalue weighted by Crippen LogP contribution is 2.26. The van der Waals surface area contributed by atoms with Gasteiger partial charge in [0.05, 0.1) is 5.75 Å². The number of aryl methyl sites for hydroxylation is 1. The first-order chi connectivity index (χ1) is 7.91. The van der Waals surface area contributed by atoms with Crippen molar-refractivity contribution in [3.05, 3.63) is 16.9 Å². The van der Waals surface area contributed by atoms with Crippen molar-refractivity contribution < 1.29 is 12.8 Å². The number of unbranched alkanes of at least 4 members (excludes halogenated alkanes) is 1. The molecule has 0 saturated heterocycles. The minimum absolute atomic E-state index is 0.0265. The van der Waals surface area contributed by atoms with Crippen LogP contribution in [0.4, 0.5) is 5.88 Å². The van der Waals surface area contributed by atoms with E-state index in [1.165, 1.54) is 0 Å². The van der Waals surface area contributed by atoms with Crippen molar-refractivity contribution in [3.63, 3.8) is 0 Å². The average molecular weight is 256 g/mol. The first kappa shape index (κ1) is 13.6. The van der Waals surface area contributed by atoms with Gasteiger partial charge in [-0.1, -0.05) is 13.3 Å². The largest absolute Gasteiger partial charge is 0.443 e. The van der Waals surface area contributed by atoms with Crippen LogP contribution in [0.2, 0.25) is 0 Å². The number of nitrogens with zero attached hydrogens (tertiary/aromatic N) is 1. The van der Waals surface area contributed by atoms with Gasteiger partial charge in [0, 0.05) is 5.56 Å². The standard InChI is InChI=1S/C11H16N2O3S/c1-4-5-6-17(14,15)13-11-10(7-12)8(2)9(3)16-11/h13H,4-6H2,1-3H3. The summed E-state index contributed by atoms with van der Waals surface area (Å²) in [7, 11) is -3.43. The third kappa shape index (κ3) is 3.24. The van der Waals surface area contributed by atoms with E-state index in [9.17, 15) is 8.42 Å². The zero-order valence-electron chi connectivity index (χ0n) is 10.2. The van der Waals surface area contributed by atoms with Gasteiger partial charge in [-0.3, -0.25) is 4.72 Å². The summed E-state index contributed by atoms with van der Waals surface area (Å²) < 4.78 is 30.9. The second kappa shape index (κ2) is 5.23. The summed E-state index contributed by atoms with van der Waals surface area (Å²) in [6.07, 6.45) is 1.37. The summed E-state index contributed by atoms with van der Waals surface area (Å²) in [5, 5.41) is 8.94. The van der Waals surface area contributed by atoms with Gasteiger partial charge < -0.3 is 4.42 Å². The fourth-order valence-electron chi connectivity index (χ4n) is 1.36. The van der Waals surface area contributed by atoms with Crippen LogP contribution in [0.3, 0.4) is 0 Å². The minimum atomic E-state index is -3.43. The monoisotopic (exact) mass is 256 g/mol. The Morgan fingerprint density at radius 3 is 2.59 bits per heavy atom. The number of furan rings is 1. The minimum Gasteiger partial charge on any atom is -0.443 e. The van der Waals surface area contributed by atoms with Crippen LogP contribution in [0.15, 0.2) is 4.42 Å². The highest BCUT2D eigenvalue weighted by molar-refractivity contribution is 7.92. The molecule has 17 heavy (non-hydrogen) atoms. The van der Waals surface area contributed by atoms with Crippen molar-refractivity contribution in [2.45, 2.75) is 33.6 Å². The second-order valence-electron chi connectivity index (χ2n) is 3.87. The van der Waals surface area contributed by atoms with Gasteiger partial charge in [0.15, 0.2) is 0 Å².